The number of amides is 1. The summed E-state index contributed by atoms with van der Waals surface area (Å²) in [6.45, 7) is 1.72. The summed E-state index contributed by atoms with van der Waals surface area (Å²) in [6, 6.07) is 6.22. The van der Waals surface area contributed by atoms with Gasteiger partial charge < -0.3 is 0 Å². The van der Waals surface area contributed by atoms with Crippen LogP contribution in [0.15, 0.2) is 29.4 Å². The molecule has 112 valence electrons. The molecule has 1 N–H and O–H groups in total. The van der Waals surface area contributed by atoms with Crippen molar-refractivity contribution in [1.29, 1.82) is 0 Å². The predicted molar refractivity (Wildman–Crippen MR) is 80.0 cm³/mol. The molecule has 0 unspecified atom stereocenters. The van der Waals surface area contributed by atoms with Gasteiger partial charge in [0.05, 0.1) is 10.6 Å². The van der Waals surface area contributed by atoms with E-state index in [1.807, 2.05) is 0 Å². The number of non-ortho nitro benzene ring substituents is 1. The molecule has 1 amide bonds. The third-order valence-electron chi connectivity index (χ3n) is 3.78. The van der Waals surface area contributed by atoms with E-state index in [1.54, 1.807) is 19.1 Å². The van der Waals surface area contributed by atoms with Gasteiger partial charge in [0, 0.05) is 23.6 Å². The third-order valence-corrected chi connectivity index (χ3v) is 3.78. The van der Waals surface area contributed by atoms with E-state index in [4.69, 9.17) is 0 Å². The Bertz CT molecular complexity index is 563. The summed E-state index contributed by atoms with van der Waals surface area (Å²) in [5.41, 5.74) is 3.78. The minimum absolute atomic E-state index is 0.0145. The van der Waals surface area contributed by atoms with Gasteiger partial charge in [0.1, 0.15) is 0 Å². The first-order valence-electron chi connectivity index (χ1n) is 7.17. The zero-order valence-electron chi connectivity index (χ0n) is 12.0. The van der Waals surface area contributed by atoms with Gasteiger partial charge in [-0.15, -0.1) is 0 Å². The highest BCUT2D eigenvalue weighted by Crippen LogP contribution is 2.23. The fourth-order valence-electron chi connectivity index (χ4n) is 2.50. The van der Waals surface area contributed by atoms with E-state index < -0.39 is 4.92 Å². The molecule has 0 heterocycles. The number of hydrazone groups is 1. The Morgan fingerprint density at radius 1 is 1.33 bits per heavy atom. The van der Waals surface area contributed by atoms with Crippen molar-refractivity contribution in [2.45, 2.75) is 39.0 Å². The molecule has 0 saturated heterocycles. The number of carbonyl (C=O) groups is 1. The van der Waals surface area contributed by atoms with E-state index in [1.165, 1.54) is 18.6 Å². The standard InChI is InChI=1S/C15H19N3O3/c1-11(13-8-5-9-14(10-13)18(20)21)16-17-15(19)12-6-3-2-4-7-12/h5,8-10,12H,2-4,6-7H2,1H3,(H,17,19). The van der Waals surface area contributed by atoms with E-state index in [0.717, 1.165) is 25.7 Å². The van der Waals surface area contributed by atoms with E-state index in [-0.39, 0.29) is 17.5 Å². The van der Waals surface area contributed by atoms with Gasteiger partial charge >= 0.3 is 0 Å². The van der Waals surface area contributed by atoms with E-state index in [2.05, 4.69) is 10.5 Å². The first-order valence-corrected chi connectivity index (χ1v) is 7.17. The second-order valence-corrected chi connectivity index (χ2v) is 5.32. The van der Waals surface area contributed by atoms with Crippen LogP contribution in [0.2, 0.25) is 0 Å². The van der Waals surface area contributed by atoms with Crippen LogP contribution in [0, 0.1) is 16.0 Å². The fraction of sp³-hybridized carbons (Fsp3) is 0.467. The zero-order valence-corrected chi connectivity index (χ0v) is 12.0. The number of nitro groups is 1. The highest BCUT2D eigenvalue weighted by atomic mass is 16.6. The molecule has 1 aliphatic carbocycles. The fourth-order valence-corrected chi connectivity index (χ4v) is 2.50. The molecule has 0 atom stereocenters. The lowest BCUT2D eigenvalue weighted by atomic mass is 9.89. The molecule has 21 heavy (non-hydrogen) atoms. The van der Waals surface area contributed by atoms with Crippen LogP contribution in [0.5, 0.6) is 0 Å². The summed E-state index contributed by atoms with van der Waals surface area (Å²) >= 11 is 0. The number of carbonyl (C=O) groups excluding carboxylic acids is 1. The molecular weight excluding hydrogens is 270 g/mol. The number of nitro benzene ring substituents is 1. The Balaban J connectivity index is 2.01. The largest absolute Gasteiger partial charge is 0.273 e. The van der Waals surface area contributed by atoms with Gasteiger partial charge in [0.2, 0.25) is 5.91 Å². The maximum atomic E-state index is 12.0. The Kier molecular flexibility index (Phi) is 5.03. The number of nitrogens with one attached hydrogen (secondary N) is 1. The van der Waals surface area contributed by atoms with Gasteiger partial charge in [-0.3, -0.25) is 14.9 Å². The van der Waals surface area contributed by atoms with Crippen molar-refractivity contribution in [1.82, 2.24) is 5.43 Å². The molecule has 0 aromatic heterocycles. The normalized spacial score (nSPS) is 16.5. The zero-order chi connectivity index (χ0) is 15.2. The molecular formula is C15H19N3O3. The maximum Gasteiger partial charge on any atom is 0.270 e. The van der Waals surface area contributed by atoms with Gasteiger partial charge in [0.15, 0.2) is 0 Å². The predicted octanol–water partition coefficient (Wildman–Crippen LogP) is 3.02. The molecule has 2 rings (SSSR count). The quantitative estimate of drug-likeness (QED) is 0.525. The number of hydrogen-bond donors (Lipinski definition) is 1. The van der Waals surface area contributed by atoms with Gasteiger partial charge in [-0.2, -0.15) is 5.10 Å². The second-order valence-electron chi connectivity index (χ2n) is 5.32. The van der Waals surface area contributed by atoms with Gasteiger partial charge in [-0.1, -0.05) is 31.4 Å². The molecule has 6 heteroatoms. The third kappa shape index (κ3) is 4.11. The summed E-state index contributed by atoms with van der Waals surface area (Å²) in [7, 11) is 0. The minimum Gasteiger partial charge on any atom is -0.273 e. The Labute approximate surface area is 123 Å². The lowest BCUT2D eigenvalue weighted by Crippen LogP contribution is -2.29. The average Bonchev–Trinajstić information content (AvgIpc) is 2.53. The molecule has 1 saturated carbocycles. The molecule has 1 fully saturated rings. The monoisotopic (exact) mass is 289 g/mol. The molecule has 0 bridgehead atoms. The Morgan fingerprint density at radius 2 is 2.05 bits per heavy atom. The summed E-state index contributed by atoms with van der Waals surface area (Å²) in [6.07, 6.45) is 5.20. The van der Waals surface area contributed by atoms with Crippen molar-refractivity contribution >= 4 is 17.3 Å². The van der Waals surface area contributed by atoms with E-state index >= 15 is 0 Å². The van der Waals surface area contributed by atoms with Crippen LogP contribution in [0.25, 0.3) is 0 Å². The van der Waals surface area contributed by atoms with E-state index in [9.17, 15) is 14.9 Å². The molecule has 0 spiro atoms. The summed E-state index contributed by atoms with van der Waals surface area (Å²) in [4.78, 5) is 22.3. The molecule has 6 nitrogen and oxygen atoms in total. The maximum absolute atomic E-state index is 12.0. The summed E-state index contributed by atoms with van der Waals surface area (Å²) in [5, 5.41) is 14.8. The number of rotatable bonds is 4. The number of nitrogens with zero attached hydrogens (tertiary/aromatic N) is 2. The van der Waals surface area contributed by atoms with Crippen molar-refractivity contribution in [3.8, 4) is 0 Å². The van der Waals surface area contributed by atoms with Crippen molar-refractivity contribution in [3.05, 3.63) is 39.9 Å². The second kappa shape index (κ2) is 6.97. The highest BCUT2D eigenvalue weighted by molar-refractivity contribution is 5.99. The van der Waals surface area contributed by atoms with Crippen LogP contribution >= 0.6 is 0 Å². The van der Waals surface area contributed by atoms with Crippen LogP contribution in [0.1, 0.15) is 44.6 Å². The summed E-state index contributed by atoms with van der Waals surface area (Å²) in [5.74, 6) is -0.0140. The van der Waals surface area contributed by atoms with E-state index in [0.29, 0.717) is 11.3 Å². The Morgan fingerprint density at radius 3 is 2.71 bits per heavy atom. The first-order chi connectivity index (χ1) is 10.1. The van der Waals surface area contributed by atoms with Crippen LogP contribution in [0.4, 0.5) is 5.69 Å². The lowest BCUT2D eigenvalue weighted by Gasteiger charge is -2.19. The van der Waals surface area contributed by atoms with Crippen LogP contribution in [-0.2, 0) is 4.79 Å². The number of hydrogen-bond acceptors (Lipinski definition) is 4. The molecule has 1 aromatic rings. The van der Waals surface area contributed by atoms with Gasteiger partial charge in [0.25, 0.3) is 5.69 Å². The lowest BCUT2D eigenvalue weighted by molar-refractivity contribution is -0.384. The summed E-state index contributed by atoms with van der Waals surface area (Å²) < 4.78 is 0. The minimum atomic E-state index is -0.447. The first kappa shape index (κ1) is 15.2. The van der Waals surface area contributed by atoms with Gasteiger partial charge in [-0.25, -0.2) is 5.43 Å². The van der Waals surface area contributed by atoms with Gasteiger partial charge in [-0.05, 0) is 19.8 Å². The average molecular weight is 289 g/mol. The van der Waals surface area contributed by atoms with Crippen LogP contribution < -0.4 is 5.43 Å². The number of benzene rings is 1. The van der Waals surface area contributed by atoms with Crippen LogP contribution in [0.3, 0.4) is 0 Å². The molecule has 1 aromatic carbocycles. The van der Waals surface area contributed by atoms with Crippen molar-refractivity contribution < 1.29 is 9.72 Å². The molecule has 0 aliphatic heterocycles. The highest BCUT2D eigenvalue weighted by Gasteiger charge is 2.20. The molecule has 1 aliphatic rings. The molecule has 0 radical (unpaired) electrons. The Hall–Kier alpha value is -2.24. The van der Waals surface area contributed by atoms with Crippen LogP contribution in [-0.4, -0.2) is 16.5 Å². The van der Waals surface area contributed by atoms with Crippen molar-refractivity contribution in [2.24, 2.45) is 11.0 Å². The topological polar surface area (TPSA) is 84.6 Å². The smallest absolute Gasteiger partial charge is 0.270 e. The van der Waals surface area contributed by atoms with Crippen molar-refractivity contribution in [2.75, 3.05) is 0 Å². The SMILES string of the molecule is CC(=NNC(=O)C1CCCCC1)c1cccc([N+](=O)[O-])c1. The van der Waals surface area contributed by atoms with Crippen molar-refractivity contribution in [3.63, 3.8) is 0 Å².